The average molecular weight is 258 g/mol. The lowest BCUT2D eigenvalue weighted by Crippen LogP contribution is -2.50. The van der Waals surface area contributed by atoms with Crippen LogP contribution in [0.3, 0.4) is 0 Å². The number of likely N-dealkylation sites (N-methyl/N-ethyl adjacent to an activating group) is 1. The zero-order valence-corrected chi connectivity index (χ0v) is 11.1. The third kappa shape index (κ3) is 2.61. The van der Waals surface area contributed by atoms with E-state index in [1.807, 2.05) is 24.1 Å². The van der Waals surface area contributed by atoms with Gasteiger partial charge in [0.25, 0.3) is 0 Å². The number of carboxylic acid groups (broad SMARTS) is 1. The highest BCUT2D eigenvalue weighted by atomic mass is 16.4. The number of aliphatic carboxylic acids is 1. The maximum Gasteiger partial charge on any atom is 0.324 e. The fourth-order valence-electron chi connectivity index (χ4n) is 2.83. The second-order valence-electron chi connectivity index (χ2n) is 5.21. The highest BCUT2D eigenvalue weighted by molar-refractivity contribution is 5.79. The molecule has 0 amide bonds. The molecule has 1 saturated carbocycles. The maximum atomic E-state index is 11.6. The normalized spacial score (nSPS) is 17.3. The minimum absolute atomic E-state index is 0.595. The monoisotopic (exact) mass is 258 g/mol. The highest BCUT2D eigenvalue weighted by Crippen LogP contribution is 2.35. The number of hydrogen-bond donors (Lipinski definition) is 1. The van der Waals surface area contributed by atoms with Crippen LogP contribution >= 0.6 is 0 Å². The van der Waals surface area contributed by atoms with Gasteiger partial charge in [0.1, 0.15) is 5.54 Å². The van der Waals surface area contributed by atoms with Crippen molar-refractivity contribution < 1.29 is 9.90 Å². The van der Waals surface area contributed by atoms with Crippen LogP contribution in [0, 0.1) is 11.3 Å². The number of benzene rings is 1. The van der Waals surface area contributed by atoms with E-state index in [2.05, 4.69) is 6.07 Å². The van der Waals surface area contributed by atoms with Crippen LogP contribution < -0.4 is 0 Å². The van der Waals surface area contributed by atoms with Gasteiger partial charge in [-0.15, -0.1) is 0 Å². The van der Waals surface area contributed by atoms with Crippen LogP contribution in [0.25, 0.3) is 0 Å². The standard InChI is InChI=1S/C15H18N2O2/c1-17(15(14(18)19)8-2-3-9-15)11-13-6-4-12(10-16)5-7-13/h4-7H,2-3,8-9,11H2,1H3,(H,18,19). The van der Waals surface area contributed by atoms with Crippen molar-refractivity contribution >= 4 is 5.97 Å². The molecule has 1 aliphatic rings. The van der Waals surface area contributed by atoms with Gasteiger partial charge in [0.2, 0.25) is 0 Å². The predicted octanol–water partition coefficient (Wildman–Crippen LogP) is 2.39. The molecule has 0 unspecified atom stereocenters. The molecule has 1 aromatic rings. The van der Waals surface area contributed by atoms with Gasteiger partial charge in [0.05, 0.1) is 11.6 Å². The number of carbonyl (C=O) groups is 1. The predicted molar refractivity (Wildman–Crippen MR) is 71.5 cm³/mol. The average Bonchev–Trinajstić information content (AvgIpc) is 2.90. The molecule has 1 aromatic carbocycles. The minimum atomic E-state index is -0.721. The van der Waals surface area contributed by atoms with Gasteiger partial charge in [-0.1, -0.05) is 25.0 Å². The summed E-state index contributed by atoms with van der Waals surface area (Å²) in [6.07, 6.45) is 3.39. The Hall–Kier alpha value is -1.86. The van der Waals surface area contributed by atoms with Crippen molar-refractivity contribution in [2.45, 2.75) is 37.8 Å². The molecule has 1 aliphatic carbocycles. The molecule has 0 atom stereocenters. The number of carboxylic acids is 1. The van der Waals surface area contributed by atoms with Gasteiger partial charge in [-0.2, -0.15) is 5.26 Å². The SMILES string of the molecule is CN(Cc1ccc(C#N)cc1)C1(C(=O)O)CCCC1. The van der Waals surface area contributed by atoms with Crippen molar-refractivity contribution in [1.82, 2.24) is 4.90 Å². The van der Waals surface area contributed by atoms with Crippen LogP contribution in [0.15, 0.2) is 24.3 Å². The third-order valence-electron chi connectivity index (χ3n) is 4.06. The number of hydrogen-bond acceptors (Lipinski definition) is 3. The summed E-state index contributed by atoms with van der Waals surface area (Å²) in [6, 6.07) is 9.40. The Bertz CT molecular complexity index is 496. The molecule has 0 aromatic heterocycles. The summed E-state index contributed by atoms with van der Waals surface area (Å²) < 4.78 is 0. The van der Waals surface area contributed by atoms with Crippen LogP contribution in [0.4, 0.5) is 0 Å². The molecule has 0 bridgehead atoms. The molecular formula is C15H18N2O2. The van der Waals surface area contributed by atoms with Gasteiger partial charge in [0, 0.05) is 6.54 Å². The van der Waals surface area contributed by atoms with Crippen molar-refractivity contribution in [2.75, 3.05) is 7.05 Å². The van der Waals surface area contributed by atoms with Gasteiger partial charge >= 0.3 is 5.97 Å². The van der Waals surface area contributed by atoms with Crippen molar-refractivity contribution in [1.29, 1.82) is 5.26 Å². The zero-order chi connectivity index (χ0) is 13.9. The van der Waals surface area contributed by atoms with Crippen LogP contribution in [0.2, 0.25) is 0 Å². The molecule has 4 nitrogen and oxygen atoms in total. The van der Waals surface area contributed by atoms with E-state index in [-0.39, 0.29) is 0 Å². The molecule has 1 fully saturated rings. The van der Waals surface area contributed by atoms with Gasteiger partial charge in [-0.25, -0.2) is 0 Å². The smallest absolute Gasteiger partial charge is 0.324 e. The molecule has 0 radical (unpaired) electrons. The van der Waals surface area contributed by atoms with E-state index in [4.69, 9.17) is 5.26 Å². The van der Waals surface area contributed by atoms with Gasteiger partial charge < -0.3 is 5.11 Å². The topological polar surface area (TPSA) is 64.3 Å². The summed E-state index contributed by atoms with van der Waals surface area (Å²) in [5, 5.41) is 18.3. The van der Waals surface area contributed by atoms with Gasteiger partial charge in [-0.05, 0) is 37.6 Å². The number of nitrogens with zero attached hydrogens (tertiary/aromatic N) is 2. The summed E-state index contributed by atoms with van der Waals surface area (Å²) in [5.74, 6) is -0.721. The molecule has 4 heteroatoms. The Kier molecular flexibility index (Phi) is 3.87. The van der Waals surface area contributed by atoms with Crippen LogP contribution in [0.5, 0.6) is 0 Å². The lowest BCUT2D eigenvalue weighted by atomic mass is 9.95. The second kappa shape index (κ2) is 5.41. The van der Waals surface area contributed by atoms with E-state index < -0.39 is 11.5 Å². The fourth-order valence-corrected chi connectivity index (χ4v) is 2.83. The van der Waals surface area contributed by atoms with Crippen molar-refractivity contribution in [2.24, 2.45) is 0 Å². The Labute approximate surface area is 113 Å². The molecule has 0 spiro atoms. The van der Waals surface area contributed by atoms with Crippen LogP contribution in [-0.4, -0.2) is 28.6 Å². The number of nitriles is 1. The Morgan fingerprint density at radius 1 is 1.37 bits per heavy atom. The Morgan fingerprint density at radius 2 is 1.95 bits per heavy atom. The second-order valence-corrected chi connectivity index (χ2v) is 5.21. The van der Waals surface area contributed by atoms with Crippen molar-refractivity contribution in [3.8, 4) is 6.07 Å². The highest BCUT2D eigenvalue weighted by Gasteiger charge is 2.44. The van der Waals surface area contributed by atoms with Gasteiger partial charge in [0.15, 0.2) is 0 Å². The minimum Gasteiger partial charge on any atom is -0.480 e. The van der Waals surface area contributed by atoms with Crippen molar-refractivity contribution in [3.63, 3.8) is 0 Å². The largest absolute Gasteiger partial charge is 0.480 e. The summed E-state index contributed by atoms with van der Waals surface area (Å²) >= 11 is 0. The molecule has 0 saturated heterocycles. The maximum absolute atomic E-state index is 11.6. The summed E-state index contributed by atoms with van der Waals surface area (Å²) in [6.45, 7) is 0.595. The molecular weight excluding hydrogens is 240 g/mol. The molecule has 19 heavy (non-hydrogen) atoms. The first-order valence-corrected chi connectivity index (χ1v) is 6.52. The van der Waals surface area contributed by atoms with E-state index in [1.165, 1.54) is 0 Å². The van der Waals surface area contributed by atoms with Crippen LogP contribution in [-0.2, 0) is 11.3 Å². The zero-order valence-electron chi connectivity index (χ0n) is 11.1. The summed E-state index contributed by atoms with van der Waals surface area (Å²) in [4.78, 5) is 13.5. The molecule has 0 heterocycles. The van der Waals surface area contributed by atoms with E-state index in [0.29, 0.717) is 12.1 Å². The van der Waals surface area contributed by atoms with E-state index in [1.54, 1.807) is 12.1 Å². The molecule has 2 rings (SSSR count). The lowest BCUT2D eigenvalue weighted by Gasteiger charge is -2.34. The van der Waals surface area contributed by atoms with E-state index in [0.717, 1.165) is 31.2 Å². The number of rotatable bonds is 4. The first kappa shape index (κ1) is 13.6. The lowest BCUT2D eigenvalue weighted by molar-refractivity contribution is -0.150. The first-order valence-electron chi connectivity index (χ1n) is 6.52. The molecule has 100 valence electrons. The third-order valence-corrected chi connectivity index (χ3v) is 4.06. The summed E-state index contributed by atoms with van der Waals surface area (Å²) in [7, 11) is 1.87. The molecule has 0 aliphatic heterocycles. The van der Waals surface area contributed by atoms with E-state index in [9.17, 15) is 9.90 Å². The summed E-state index contributed by atoms with van der Waals surface area (Å²) in [5.41, 5.74) is 0.947. The van der Waals surface area contributed by atoms with Crippen LogP contribution in [0.1, 0.15) is 36.8 Å². The van der Waals surface area contributed by atoms with Gasteiger partial charge in [-0.3, -0.25) is 9.69 Å². The Morgan fingerprint density at radius 3 is 2.42 bits per heavy atom. The molecule has 1 N–H and O–H groups in total. The van der Waals surface area contributed by atoms with Crippen molar-refractivity contribution in [3.05, 3.63) is 35.4 Å². The fraction of sp³-hybridized carbons (Fsp3) is 0.467. The van der Waals surface area contributed by atoms with E-state index >= 15 is 0 Å². The quantitative estimate of drug-likeness (QED) is 0.900. The Balaban J connectivity index is 2.13. The first-order chi connectivity index (χ1) is 9.08.